The molecule has 4 rings (SSSR count). The summed E-state index contributed by atoms with van der Waals surface area (Å²) in [6.45, 7) is 6.55. The number of fused-ring (bicyclic) bond motifs is 1. The van der Waals surface area contributed by atoms with Crippen molar-refractivity contribution >= 4 is 10.9 Å². The SMILES string of the molecule is COc1cc2ccc(-c3nc(C)ccc3-c3cnn(CCC(C)(C)C#N)c3)cc2nn1. The molecular weight excluding hydrogens is 388 g/mol. The number of rotatable bonds is 6. The van der Waals surface area contributed by atoms with Gasteiger partial charge in [-0.1, -0.05) is 18.2 Å². The van der Waals surface area contributed by atoms with Gasteiger partial charge in [-0.2, -0.15) is 10.4 Å². The summed E-state index contributed by atoms with van der Waals surface area (Å²) in [4.78, 5) is 4.82. The van der Waals surface area contributed by atoms with E-state index in [4.69, 9.17) is 9.72 Å². The standard InChI is InChI=1S/C24H24N6O/c1-16-5-8-20(19-13-26-30(14-19)10-9-24(2,3)15-25)23(27-16)18-7-6-17-12-22(31-4)29-28-21(17)11-18/h5-8,11-14H,9-10H2,1-4H3. The normalized spacial score (nSPS) is 11.5. The Balaban J connectivity index is 1.71. The summed E-state index contributed by atoms with van der Waals surface area (Å²) in [5.74, 6) is 0.488. The van der Waals surface area contributed by atoms with E-state index in [9.17, 15) is 5.26 Å². The Morgan fingerprint density at radius 2 is 1.94 bits per heavy atom. The summed E-state index contributed by atoms with van der Waals surface area (Å²) in [5, 5.41) is 23.1. The van der Waals surface area contributed by atoms with Gasteiger partial charge in [-0.15, -0.1) is 10.2 Å². The molecule has 0 unspecified atom stereocenters. The van der Waals surface area contributed by atoms with E-state index in [-0.39, 0.29) is 5.41 Å². The van der Waals surface area contributed by atoms with Crippen LogP contribution < -0.4 is 4.74 Å². The third-order valence-corrected chi connectivity index (χ3v) is 5.30. The Hall–Kier alpha value is -3.79. The second-order valence-electron chi connectivity index (χ2n) is 8.25. The molecule has 0 radical (unpaired) electrons. The largest absolute Gasteiger partial charge is 0.480 e. The smallest absolute Gasteiger partial charge is 0.233 e. The van der Waals surface area contributed by atoms with Crippen molar-refractivity contribution in [1.29, 1.82) is 5.26 Å². The van der Waals surface area contributed by atoms with Gasteiger partial charge in [0.1, 0.15) is 0 Å². The van der Waals surface area contributed by atoms with E-state index in [0.717, 1.165) is 45.4 Å². The lowest BCUT2D eigenvalue weighted by molar-refractivity contribution is 0.393. The molecule has 31 heavy (non-hydrogen) atoms. The van der Waals surface area contributed by atoms with Crippen LogP contribution in [0.1, 0.15) is 26.0 Å². The number of methoxy groups -OCH3 is 1. The summed E-state index contributed by atoms with van der Waals surface area (Å²) < 4.78 is 7.05. The third-order valence-electron chi connectivity index (χ3n) is 5.30. The maximum Gasteiger partial charge on any atom is 0.233 e. The fourth-order valence-electron chi connectivity index (χ4n) is 3.35. The molecule has 4 aromatic rings. The predicted octanol–water partition coefficient (Wildman–Crippen LogP) is 4.81. The van der Waals surface area contributed by atoms with Crippen molar-refractivity contribution in [2.75, 3.05) is 7.11 Å². The highest BCUT2D eigenvalue weighted by molar-refractivity contribution is 5.88. The summed E-state index contributed by atoms with van der Waals surface area (Å²) in [6.07, 6.45) is 4.59. The number of nitrogens with zero attached hydrogens (tertiary/aromatic N) is 6. The van der Waals surface area contributed by atoms with E-state index in [1.165, 1.54) is 0 Å². The van der Waals surface area contributed by atoms with Gasteiger partial charge < -0.3 is 4.74 Å². The Labute approximate surface area is 181 Å². The summed E-state index contributed by atoms with van der Waals surface area (Å²) in [6, 6.07) is 14.3. The van der Waals surface area contributed by atoms with Gasteiger partial charge in [0.25, 0.3) is 0 Å². The zero-order valence-corrected chi connectivity index (χ0v) is 18.1. The summed E-state index contributed by atoms with van der Waals surface area (Å²) in [7, 11) is 1.58. The first-order valence-corrected chi connectivity index (χ1v) is 10.1. The molecule has 0 fully saturated rings. The Morgan fingerprint density at radius 1 is 1.10 bits per heavy atom. The first-order chi connectivity index (χ1) is 14.9. The first kappa shape index (κ1) is 20.5. The lowest BCUT2D eigenvalue weighted by Crippen LogP contribution is -2.12. The second-order valence-corrected chi connectivity index (χ2v) is 8.25. The molecule has 0 bridgehead atoms. The van der Waals surface area contributed by atoms with Crippen molar-refractivity contribution in [1.82, 2.24) is 25.0 Å². The average Bonchev–Trinajstić information content (AvgIpc) is 3.26. The monoisotopic (exact) mass is 412 g/mol. The van der Waals surface area contributed by atoms with Crippen LogP contribution in [0.4, 0.5) is 0 Å². The van der Waals surface area contributed by atoms with Gasteiger partial charge in [-0.05, 0) is 39.3 Å². The topological polar surface area (TPSA) is 89.5 Å². The van der Waals surface area contributed by atoms with E-state index in [2.05, 4.69) is 27.4 Å². The highest BCUT2D eigenvalue weighted by Crippen LogP contribution is 2.32. The van der Waals surface area contributed by atoms with Gasteiger partial charge in [0.05, 0.1) is 36.0 Å². The molecule has 0 aliphatic heterocycles. The quantitative estimate of drug-likeness (QED) is 0.451. The average molecular weight is 412 g/mol. The number of ether oxygens (including phenoxy) is 1. The highest BCUT2D eigenvalue weighted by atomic mass is 16.5. The van der Waals surface area contributed by atoms with Crippen LogP contribution in [0.25, 0.3) is 33.3 Å². The fraction of sp³-hybridized carbons (Fsp3) is 0.292. The van der Waals surface area contributed by atoms with Crippen molar-refractivity contribution < 1.29 is 4.74 Å². The molecule has 3 heterocycles. The van der Waals surface area contributed by atoms with Crippen LogP contribution in [0, 0.1) is 23.7 Å². The van der Waals surface area contributed by atoms with Crippen molar-refractivity contribution in [3.8, 4) is 34.3 Å². The number of nitriles is 1. The third kappa shape index (κ3) is 4.38. The second kappa shape index (κ2) is 8.15. The van der Waals surface area contributed by atoms with Gasteiger partial charge in [0, 0.05) is 46.6 Å². The molecule has 3 aromatic heterocycles. The minimum absolute atomic E-state index is 0.377. The van der Waals surface area contributed by atoms with Crippen LogP contribution in [0.3, 0.4) is 0 Å². The molecular formula is C24H24N6O. The van der Waals surface area contributed by atoms with Gasteiger partial charge in [0.15, 0.2) is 0 Å². The molecule has 0 aliphatic carbocycles. The molecule has 156 valence electrons. The minimum atomic E-state index is -0.377. The molecule has 0 aliphatic rings. The molecule has 7 nitrogen and oxygen atoms in total. The fourth-order valence-corrected chi connectivity index (χ4v) is 3.35. The number of hydrogen-bond acceptors (Lipinski definition) is 6. The number of hydrogen-bond donors (Lipinski definition) is 0. The van der Waals surface area contributed by atoms with Crippen LogP contribution in [0.5, 0.6) is 5.88 Å². The van der Waals surface area contributed by atoms with Gasteiger partial charge in [-0.25, -0.2) is 0 Å². The molecule has 7 heteroatoms. The van der Waals surface area contributed by atoms with Gasteiger partial charge >= 0.3 is 0 Å². The molecule has 1 aromatic carbocycles. The molecule has 0 spiro atoms. The Morgan fingerprint density at radius 3 is 2.71 bits per heavy atom. The summed E-state index contributed by atoms with van der Waals surface area (Å²) in [5.41, 5.74) is 5.15. The molecule has 0 saturated carbocycles. The van der Waals surface area contributed by atoms with Crippen LogP contribution in [0.2, 0.25) is 0 Å². The number of benzene rings is 1. The van der Waals surface area contributed by atoms with Crippen molar-refractivity contribution in [3.05, 3.63) is 54.5 Å². The van der Waals surface area contributed by atoms with Crippen molar-refractivity contribution in [3.63, 3.8) is 0 Å². The number of aryl methyl sites for hydroxylation is 2. The Bertz CT molecular complexity index is 1280. The van der Waals surface area contributed by atoms with Crippen molar-refractivity contribution in [2.24, 2.45) is 5.41 Å². The highest BCUT2D eigenvalue weighted by Gasteiger charge is 2.17. The maximum atomic E-state index is 9.24. The van der Waals surface area contributed by atoms with E-state index >= 15 is 0 Å². The van der Waals surface area contributed by atoms with E-state index < -0.39 is 0 Å². The van der Waals surface area contributed by atoms with Crippen LogP contribution in [-0.2, 0) is 6.54 Å². The number of pyridine rings is 1. The lowest BCUT2D eigenvalue weighted by Gasteiger charge is -2.14. The zero-order chi connectivity index (χ0) is 22.0. The first-order valence-electron chi connectivity index (χ1n) is 10.1. The lowest BCUT2D eigenvalue weighted by atomic mass is 9.92. The molecule has 0 saturated heterocycles. The minimum Gasteiger partial charge on any atom is -0.480 e. The summed E-state index contributed by atoms with van der Waals surface area (Å²) >= 11 is 0. The van der Waals surface area contributed by atoms with Gasteiger partial charge in [-0.3, -0.25) is 9.67 Å². The van der Waals surface area contributed by atoms with Crippen LogP contribution in [-0.4, -0.2) is 32.1 Å². The van der Waals surface area contributed by atoms with E-state index in [1.807, 2.05) is 68.2 Å². The van der Waals surface area contributed by atoms with Gasteiger partial charge in [0.2, 0.25) is 5.88 Å². The Kier molecular flexibility index (Phi) is 5.38. The number of aromatic nitrogens is 5. The van der Waals surface area contributed by atoms with Crippen LogP contribution in [0.15, 0.2) is 48.8 Å². The molecule has 0 N–H and O–H groups in total. The van der Waals surface area contributed by atoms with E-state index in [0.29, 0.717) is 12.4 Å². The predicted molar refractivity (Wildman–Crippen MR) is 119 cm³/mol. The van der Waals surface area contributed by atoms with Crippen molar-refractivity contribution in [2.45, 2.75) is 33.7 Å². The molecule has 0 amide bonds. The molecule has 0 atom stereocenters. The maximum absolute atomic E-state index is 9.24. The zero-order valence-electron chi connectivity index (χ0n) is 18.1. The van der Waals surface area contributed by atoms with Crippen LogP contribution >= 0.6 is 0 Å². The van der Waals surface area contributed by atoms with E-state index in [1.54, 1.807) is 7.11 Å².